The third-order valence-corrected chi connectivity index (χ3v) is 2.33. The number of nitrogens with two attached hydrogens (primary N) is 1. The van der Waals surface area contributed by atoms with E-state index >= 15 is 0 Å². The van der Waals surface area contributed by atoms with E-state index in [0.717, 1.165) is 15.7 Å². The van der Waals surface area contributed by atoms with Crippen LogP contribution >= 0.6 is 15.9 Å². The van der Waals surface area contributed by atoms with Gasteiger partial charge in [-0.25, -0.2) is 4.98 Å². The summed E-state index contributed by atoms with van der Waals surface area (Å²) in [4.78, 5) is 8.00. The van der Waals surface area contributed by atoms with Crippen LogP contribution in [0.15, 0.2) is 41.4 Å². The smallest absolute Gasteiger partial charge is 0.106 e. The van der Waals surface area contributed by atoms with Crippen LogP contribution < -0.4 is 5.73 Å². The molecule has 0 radical (unpaired) electrons. The van der Waals surface area contributed by atoms with Gasteiger partial charge in [0.15, 0.2) is 0 Å². The van der Waals surface area contributed by atoms with Gasteiger partial charge in [0, 0.05) is 18.0 Å². The van der Waals surface area contributed by atoms with Crippen LogP contribution in [0, 0.1) is 0 Å². The molecule has 0 atom stereocenters. The molecule has 2 N–H and O–H groups in total. The predicted octanol–water partition coefficient (Wildman–Crippen LogP) is 2.49. The molecule has 2 aromatic heterocycles. The first-order chi connectivity index (χ1) is 6.77. The molecule has 0 spiro atoms. The van der Waals surface area contributed by atoms with Crippen LogP contribution in [0.3, 0.4) is 0 Å². The van der Waals surface area contributed by atoms with Gasteiger partial charge in [0.1, 0.15) is 4.60 Å². The fourth-order valence-corrected chi connectivity index (χ4v) is 1.55. The molecule has 2 heterocycles. The number of anilines is 1. The van der Waals surface area contributed by atoms with Gasteiger partial charge in [-0.1, -0.05) is 0 Å². The van der Waals surface area contributed by atoms with Gasteiger partial charge in [0.05, 0.1) is 11.9 Å². The average Bonchev–Trinajstić information content (AvgIpc) is 2.23. The summed E-state index contributed by atoms with van der Waals surface area (Å²) >= 11 is 3.31. The van der Waals surface area contributed by atoms with Crippen molar-refractivity contribution in [3.63, 3.8) is 0 Å². The van der Waals surface area contributed by atoms with Crippen molar-refractivity contribution in [1.82, 2.24) is 9.97 Å². The summed E-state index contributed by atoms with van der Waals surface area (Å²) in [6, 6.07) is 5.72. The molecule has 0 aliphatic rings. The van der Waals surface area contributed by atoms with Crippen LogP contribution in [-0.4, -0.2) is 9.97 Å². The lowest BCUT2D eigenvalue weighted by molar-refractivity contribution is 1.27. The molecular weight excluding hydrogens is 242 g/mol. The van der Waals surface area contributed by atoms with Gasteiger partial charge in [-0.2, -0.15) is 0 Å². The number of nitrogens with zero attached hydrogens (tertiary/aromatic N) is 2. The minimum Gasteiger partial charge on any atom is -0.397 e. The zero-order valence-corrected chi connectivity index (χ0v) is 8.90. The summed E-state index contributed by atoms with van der Waals surface area (Å²) in [5.74, 6) is 0. The number of pyridine rings is 2. The summed E-state index contributed by atoms with van der Waals surface area (Å²) in [6.07, 6.45) is 5.12. The minimum atomic E-state index is 0.666. The Hall–Kier alpha value is -1.42. The van der Waals surface area contributed by atoms with E-state index in [9.17, 15) is 0 Å². The third-order valence-electron chi connectivity index (χ3n) is 1.89. The molecule has 0 aliphatic heterocycles. The van der Waals surface area contributed by atoms with Gasteiger partial charge in [-0.05, 0) is 39.7 Å². The summed E-state index contributed by atoms with van der Waals surface area (Å²) in [7, 11) is 0. The Morgan fingerprint density at radius 3 is 2.64 bits per heavy atom. The Morgan fingerprint density at radius 1 is 1.21 bits per heavy atom. The second-order valence-corrected chi connectivity index (χ2v) is 3.64. The molecular formula is C10H8BrN3. The first kappa shape index (κ1) is 9.15. The van der Waals surface area contributed by atoms with Gasteiger partial charge in [0.2, 0.25) is 0 Å². The van der Waals surface area contributed by atoms with Crippen molar-refractivity contribution in [2.45, 2.75) is 0 Å². The SMILES string of the molecule is Nc1cnc(Br)cc1-c1ccncc1. The van der Waals surface area contributed by atoms with E-state index in [1.807, 2.05) is 18.2 Å². The van der Waals surface area contributed by atoms with Crippen molar-refractivity contribution >= 4 is 21.6 Å². The number of rotatable bonds is 1. The zero-order chi connectivity index (χ0) is 9.97. The molecule has 0 saturated carbocycles. The number of aromatic nitrogens is 2. The Kier molecular flexibility index (Phi) is 2.45. The van der Waals surface area contributed by atoms with Gasteiger partial charge < -0.3 is 5.73 Å². The van der Waals surface area contributed by atoms with Crippen molar-refractivity contribution in [2.75, 3.05) is 5.73 Å². The van der Waals surface area contributed by atoms with E-state index in [4.69, 9.17) is 5.73 Å². The van der Waals surface area contributed by atoms with Crippen molar-refractivity contribution in [2.24, 2.45) is 0 Å². The molecule has 0 amide bonds. The van der Waals surface area contributed by atoms with Crippen LogP contribution in [0.5, 0.6) is 0 Å². The second-order valence-electron chi connectivity index (χ2n) is 2.83. The molecule has 70 valence electrons. The first-order valence-electron chi connectivity index (χ1n) is 4.09. The Bertz CT molecular complexity index is 442. The number of hydrogen-bond acceptors (Lipinski definition) is 3. The van der Waals surface area contributed by atoms with E-state index in [1.54, 1.807) is 18.6 Å². The third kappa shape index (κ3) is 1.75. The van der Waals surface area contributed by atoms with E-state index in [2.05, 4.69) is 25.9 Å². The molecule has 0 bridgehead atoms. The molecule has 0 aliphatic carbocycles. The molecule has 14 heavy (non-hydrogen) atoms. The molecule has 0 saturated heterocycles. The molecule has 0 fully saturated rings. The fraction of sp³-hybridized carbons (Fsp3) is 0. The largest absolute Gasteiger partial charge is 0.397 e. The van der Waals surface area contributed by atoms with Gasteiger partial charge in [-0.3, -0.25) is 4.98 Å². The fourth-order valence-electron chi connectivity index (χ4n) is 1.22. The lowest BCUT2D eigenvalue weighted by atomic mass is 10.1. The second kappa shape index (κ2) is 3.75. The van der Waals surface area contributed by atoms with Crippen LogP contribution in [-0.2, 0) is 0 Å². The molecule has 2 aromatic rings. The molecule has 3 nitrogen and oxygen atoms in total. The number of nitrogen functional groups attached to an aromatic ring is 1. The van der Waals surface area contributed by atoms with Gasteiger partial charge in [-0.15, -0.1) is 0 Å². The lowest BCUT2D eigenvalue weighted by Crippen LogP contribution is -1.91. The highest BCUT2D eigenvalue weighted by Gasteiger charge is 2.02. The Labute approximate surface area is 90.1 Å². The summed E-state index contributed by atoms with van der Waals surface area (Å²) in [5, 5.41) is 0. The van der Waals surface area contributed by atoms with Crippen molar-refractivity contribution in [3.05, 3.63) is 41.4 Å². The Balaban J connectivity index is 2.57. The van der Waals surface area contributed by atoms with E-state index < -0.39 is 0 Å². The monoisotopic (exact) mass is 249 g/mol. The van der Waals surface area contributed by atoms with E-state index in [0.29, 0.717) is 5.69 Å². The maximum Gasteiger partial charge on any atom is 0.106 e. The van der Waals surface area contributed by atoms with E-state index in [-0.39, 0.29) is 0 Å². The minimum absolute atomic E-state index is 0.666. The zero-order valence-electron chi connectivity index (χ0n) is 7.31. The quantitative estimate of drug-likeness (QED) is 0.791. The maximum absolute atomic E-state index is 5.82. The molecule has 4 heteroatoms. The first-order valence-corrected chi connectivity index (χ1v) is 4.88. The number of halogens is 1. The van der Waals surface area contributed by atoms with Crippen LogP contribution in [0.1, 0.15) is 0 Å². The van der Waals surface area contributed by atoms with Crippen LogP contribution in [0.4, 0.5) is 5.69 Å². The highest BCUT2D eigenvalue weighted by molar-refractivity contribution is 9.10. The predicted molar refractivity (Wildman–Crippen MR) is 59.6 cm³/mol. The number of hydrogen-bond donors (Lipinski definition) is 1. The summed E-state index contributed by atoms with van der Waals surface area (Å²) < 4.78 is 0.776. The topological polar surface area (TPSA) is 51.8 Å². The molecule has 0 aromatic carbocycles. The normalized spacial score (nSPS) is 10.1. The lowest BCUT2D eigenvalue weighted by Gasteiger charge is -2.04. The highest BCUT2D eigenvalue weighted by Crippen LogP contribution is 2.26. The molecule has 2 rings (SSSR count). The maximum atomic E-state index is 5.82. The van der Waals surface area contributed by atoms with E-state index in [1.165, 1.54) is 0 Å². The standard InChI is InChI=1S/C10H8BrN3/c11-10-5-8(9(12)6-14-10)7-1-3-13-4-2-7/h1-6H,12H2. The van der Waals surface area contributed by atoms with Crippen molar-refractivity contribution in [1.29, 1.82) is 0 Å². The Morgan fingerprint density at radius 2 is 1.93 bits per heavy atom. The van der Waals surface area contributed by atoms with Crippen molar-refractivity contribution < 1.29 is 0 Å². The highest BCUT2D eigenvalue weighted by atomic mass is 79.9. The summed E-state index contributed by atoms with van der Waals surface area (Å²) in [5.41, 5.74) is 8.49. The summed E-state index contributed by atoms with van der Waals surface area (Å²) in [6.45, 7) is 0. The van der Waals surface area contributed by atoms with Gasteiger partial charge >= 0.3 is 0 Å². The van der Waals surface area contributed by atoms with Crippen LogP contribution in [0.25, 0.3) is 11.1 Å². The average molecular weight is 250 g/mol. The van der Waals surface area contributed by atoms with Crippen molar-refractivity contribution in [3.8, 4) is 11.1 Å². The van der Waals surface area contributed by atoms with Gasteiger partial charge in [0.25, 0.3) is 0 Å². The van der Waals surface area contributed by atoms with Crippen LogP contribution in [0.2, 0.25) is 0 Å². The molecule has 0 unspecified atom stereocenters.